The molecule has 2 amide bonds. The number of likely N-dealkylation sites (N-methyl/N-ethyl adjacent to an activating group) is 1. The SMILES string of the molecule is CNC(=O)C1CCCN1C(=O)c1c[nH]ccc1=O. The minimum absolute atomic E-state index is 0.0771. The van der Waals surface area contributed by atoms with Crippen LogP contribution in [0.4, 0.5) is 0 Å². The molecule has 0 aromatic carbocycles. The molecule has 0 aliphatic carbocycles. The van der Waals surface area contributed by atoms with Gasteiger partial charge >= 0.3 is 0 Å². The van der Waals surface area contributed by atoms with Crippen molar-refractivity contribution in [1.82, 2.24) is 15.2 Å². The topological polar surface area (TPSA) is 82.3 Å². The predicted molar refractivity (Wildman–Crippen MR) is 65.2 cm³/mol. The average Bonchev–Trinajstić information content (AvgIpc) is 2.86. The Hall–Kier alpha value is -2.11. The van der Waals surface area contributed by atoms with E-state index in [0.717, 1.165) is 6.42 Å². The average molecular weight is 249 g/mol. The van der Waals surface area contributed by atoms with Crippen LogP contribution in [-0.2, 0) is 4.79 Å². The number of pyridine rings is 1. The molecule has 1 aliphatic heterocycles. The number of amides is 2. The van der Waals surface area contributed by atoms with Gasteiger partial charge in [-0.2, -0.15) is 0 Å². The summed E-state index contributed by atoms with van der Waals surface area (Å²) in [5.41, 5.74) is -0.255. The highest BCUT2D eigenvalue weighted by Gasteiger charge is 2.34. The summed E-state index contributed by atoms with van der Waals surface area (Å²) in [6, 6.07) is 0.834. The molecule has 1 atom stereocenters. The van der Waals surface area contributed by atoms with Crippen molar-refractivity contribution in [3.63, 3.8) is 0 Å². The largest absolute Gasteiger partial charge is 0.367 e. The summed E-state index contributed by atoms with van der Waals surface area (Å²) in [7, 11) is 1.54. The molecule has 1 aromatic rings. The highest BCUT2D eigenvalue weighted by molar-refractivity contribution is 5.97. The van der Waals surface area contributed by atoms with Crippen LogP contribution in [0.1, 0.15) is 23.2 Å². The van der Waals surface area contributed by atoms with Gasteiger partial charge in [0.25, 0.3) is 5.91 Å². The molecule has 2 N–H and O–H groups in total. The summed E-state index contributed by atoms with van der Waals surface area (Å²) in [6.07, 6.45) is 4.26. The maximum atomic E-state index is 12.2. The molecule has 1 fully saturated rings. The summed E-state index contributed by atoms with van der Waals surface area (Å²) in [4.78, 5) is 39.7. The number of carbonyl (C=O) groups is 2. The van der Waals surface area contributed by atoms with Crippen LogP contribution < -0.4 is 10.7 Å². The fourth-order valence-electron chi connectivity index (χ4n) is 2.19. The van der Waals surface area contributed by atoms with Crippen molar-refractivity contribution in [2.24, 2.45) is 0 Å². The Morgan fingerprint density at radius 1 is 1.50 bits per heavy atom. The molecule has 1 unspecified atom stereocenters. The number of hydrogen-bond donors (Lipinski definition) is 2. The van der Waals surface area contributed by atoms with E-state index in [2.05, 4.69) is 10.3 Å². The quantitative estimate of drug-likeness (QED) is 0.756. The van der Waals surface area contributed by atoms with Crippen molar-refractivity contribution >= 4 is 11.8 Å². The van der Waals surface area contributed by atoms with Gasteiger partial charge < -0.3 is 15.2 Å². The van der Waals surface area contributed by atoms with Crippen LogP contribution in [0, 0.1) is 0 Å². The normalized spacial score (nSPS) is 18.7. The summed E-state index contributed by atoms with van der Waals surface area (Å²) in [6.45, 7) is 0.505. The Morgan fingerprint density at radius 3 is 2.94 bits per heavy atom. The molecular weight excluding hydrogens is 234 g/mol. The van der Waals surface area contributed by atoms with E-state index in [1.165, 1.54) is 23.4 Å². The lowest BCUT2D eigenvalue weighted by Crippen LogP contribution is -2.45. The van der Waals surface area contributed by atoms with Crippen LogP contribution in [0.5, 0.6) is 0 Å². The molecule has 6 nitrogen and oxygen atoms in total. The third-order valence-corrected chi connectivity index (χ3v) is 3.12. The lowest BCUT2D eigenvalue weighted by Gasteiger charge is -2.22. The number of aromatic amines is 1. The van der Waals surface area contributed by atoms with E-state index in [1.54, 1.807) is 7.05 Å². The molecule has 2 heterocycles. The van der Waals surface area contributed by atoms with Crippen LogP contribution >= 0.6 is 0 Å². The fourth-order valence-corrected chi connectivity index (χ4v) is 2.19. The predicted octanol–water partition coefficient (Wildman–Crippen LogP) is -0.275. The van der Waals surface area contributed by atoms with E-state index in [1.807, 2.05) is 0 Å². The maximum Gasteiger partial charge on any atom is 0.259 e. The van der Waals surface area contributed by atoms with Crippen LogP contribution in [-0.4, -0.2) is 41.3 Å². The van der Waals surface area contributed by atoms with Crippen molar-refractivity contribution in [2.75, 3.05) is 13.6 Å². The van der Waals surface area contributed by atoms with Crippen molar-refractivity contribution < 1.29 is 9.59 Å². The molecule has 0 radical (unpaired) electrons. The van der Waals surface area contributed by atoms with Gasteiger partial charge in [0.05, 0.1) is 0 Å². The smallest absolute Gasteiger partial charge is 0.259 e. The Kier molecular flexibility index (Phi) is 3.45. The fraction of sp³-hybridized carbons (Fsp3) is 0.417. The second kappa shape index (κ2) is 5.03. The number of nitrogens with zero attached hydrogens (tertiary/aromatic N) is 1. The third-order valence-electron chi connectivity index (χ3n) is 3.12. The van der Waals surface area contributed by atoms with Crippen molar-refractivity contribution in [3.8, 4) is 0 Å². The number of carbonyl (C=O) groups excluding carboxylic acids is 2. The molecule has 0 bridgehead atoms. The van der Waals surface area contributed by atoms with Gasteiger partial charge in [-0.05, 0) is 12.8 Å². The molecule has 6 heteroatoms. The van der Waals surface area contributed by atoms with E-state index >= 15 is 0 Å². The standard InChI is InChI=1S/C12H15N3O3/c1-13-11(17)9-3-2-6-15(9)12(18)8-7-14-5-4-10(8)16/h4-5,7,9H,2-3,6H2,1H3,(H,13,17)(H,14,16). The maximum absolute atomic E-state index is 12.2. The first kappa shape index (κ1) is 12.3. The number of hydrogen-bond acceptors (Lipinski definition) is 3. The number of H-pyrrole nitrogens is 1. The van der Waals surface area contributed by atoms with Crippen LogP contribution in [0.3, 0.4) is 0 Å². The lowest BCUT2D eigenvalue weighted by molar-refractivity contribution is -0.124. The molecule has 1 aromatic heterocycles. The van der Waals surface area contributed by atoms with Gasteiger partial charge in [-0.1, -0.05) is 0 Å². The first-order valence-corrected chi connectivity index (χ1v) is 5.85. The molecule has 1 saturated heterocycles. The number of rotatable bonds is 2. The Labute approximate surface area is 104 Å². The lowest BCUT2D eigenvalue weighted by atomic mass is 10.2. The minimum atomic E-state index is -0.470. The highest BCUT2D eigenvalue weighted by atomic mass is 16.2. The van der Waals surface area contributed by atoms with E-state index in [0.29, 0.717) is 13.0 Å². The van der Waals surface area contributed by atoms with Crippen molar-refractivity contribution in [2.45, 2.75) is 18.9 Å². The van der Waals surface area contributed by atoms with E-state index in [9.17, 15) is 14.4 Å². The van der Waals surface area contributed by atoms with Gasteiger partial charge in [-0.25, -0.2) is 0 Å². The van der Waals surface area contributed by atoms with Crippen molar-refractivity contribution in [3.05, 3.63) is 34.2 Å². The molecule has 2 rings (SSSR count). The summed E-state index contributed by atoms with van der Waals surface area (Å²) < 4.78 is 0. The molecule has 96 valence electrons. The van der Waals surface area contributed by atoms with Gasteiger partial charge in [0, 0.05) is 32.1 Å². The second-order valence-electron chi connectivity index (χ2n) is 4.19. The first-order chi connectivity index (χ1) is 8.65. The molecule has 0 saturated carbocycles. The second-order valence-corrected chi connectivity index (χ2v) is 4.19. The summed E-state index contributed by atoms with van der Waals surface area (Å²) in [5.74, 6) is -0.573. The minimum Gasteiger partial charge on any atom is -0.367 e. The summed E-state index contributed by atoms with van der Waals surface area (Å²) in [5, 5.41) is 2.54. The monoisotopic (exact) mass is 249 g/mol. The highest BCUT2D eigenvalue weighted by Crippen LogP contribution is 2.19. The van der Waals surface area contributed by atoms with Gasteiger partial charge in [0.2, 0.25) is 5.91 Å². The third kappa shape index (κ3) is 2.13. The van der Waals surface area contributed by atoms with Gasteiger partial charge in [-0.3, -0.25) is 14.4 Å². The van der Waals surface area contributed by atoms with E-state index in [-0.39, 0.29) is 22.8 Å². The zero-order valence-electron chi connectivity index (χ0n) is 10.1. The molecule has 1 aliphatic rings. The zero-order valence-corrected chi connectivity index (χ0v) is 10.1. The van der Waals surface area contributed by atoms with Crippen molar-refractivity contribution in [1.29, 1.82) is 0 Å². The summed E-state index contributed by atoms with van der Waals surface area (Å²) >= 11 is 0. The van der Waals surface area contributed by atoms with Gasteiger partial charge in [-0.15, -0.1) is 0 Å². The van der Waals surface area contributed by atoms with Gasteiger partial charge in [0.15, 0.2) is 5.43 Å². The van der Waals surface area contributed by atoms with E-state index < -0.39 is 6.04 Å². The number of likely N-dealkylation sites (tertiary alicyclic amines) is 1. The Balaban J connectivity index is 2.26. The number of aromatic nitrogens is 1. The molecular formula is C12H15N3O3. The van der Waals surface area contributed by atoms with Crippen LogP contribution in [0.15, 0.2) is 23.3 Å². The Morgan fingerprint density at radius 2 is 2.28 bits per heavy atom. The van der Waals surface area contributed by atoms with Gasteiger partial charge in [0.1, 0.15) is 11.6 Å². The molecule has 0 spiro atoms. The first-order valence-electron chi connectivity index (χ1n) is 5.85. The van der Waals surface area contributed by atoms with E-state index in [4.69, 9.17) is 0 Å². The number of nitrogens with one attached hydrogen (secondary N) is 2. The molecule has 18 heavy (non-hydrogen) atoms. The Bertz CT molecular complexity index is 523. The van der Waals surface area contributed by atoms with Crippen LogP contribution in [0.2, 0.25) is 0 Å². The van der Waals surface area contributed by atoms with Crippen LogP contribution in [0.25, 0.3) is 0 Å². The zero-order chi connectivity index (χ0) is 13.1.